The summed E-state index contributed by atoms with van der Waals surface area (Å²) in [6, 6.07) is 10.3. The highest BCUT2D eigenvalue weighted by Crippen LogP contribution is 2.33. The van der Waals surface area contributed by atoms with Crippen LogP contribution in [0.4, 0.5) is 13.2 Å². The topological polar surface area (TPSA) is 55.1 Å². The monoisotopic (exact) mass is 360 g/mol. The van der Waals surface area contributed by atoms with E-state index in [1.807, 2.05) is 30.3 Å². The van der Waals surface area contributed by atoms with Crippen LogP contribution in [0.15, 0.2) is 54.1 Å². The van der Waals surface area contributed by atoms with Crippen LogP contribution in [0.2, 0.25) is 0 Å². The zero-order valence-corrected chi connectivity index (χ0v) is 14.0. The first-order chi connectivity index (χ1) is 12.5. The summed E-state index contributed by atoms with van der Waals surface area (Å²) in [5.41, 5.74) is 7.63. The van der Waals surface area contributed by atoms with Crippen LogP contribution in [0.5, 0.6) is 0 Å². The maximum atomic E-state index is 14.0. The molecule has 2 aromatic carbocycles. The van der Waals surface area contributed by atoms with Gasteiger partial charge in [0.25, 0.3) is 0 Å². The van der Waals surface area contributed by atoms with Gasteiger partial charge in [-0.2, -0.15) is 0 Å². The third-order valence-electron chi connectivity index (χ3n) is 4.62. The highest BCUT2D eigenvalue weighted by atomic mass is 19.2. The van der Waals surface area contributed by atoms with Gasteiger partial charge in [0.15, 0.2) is 11.6 Å². The van der Waals surface area contributed by atoms with Crippen molar-refractivity contribution in [2.75, 3.05) is 0 Å². The Bertz CT molecular complexity index is 836. The predicted molar refractivity (Wildman–Crippen MR) is 92.6 cm³/mol. The van der Waals surface area contributed by atoms with Crippen molar-refractivity contribution in [2.24, 2.45) is 5.73 Å². The Morgan fingerprint density at radius 2 is 1.77 bits per heavy atom. The molecular formula is C20H19F3N2O. The van der Waals surface area contributed by atoms with Gasteiger partial charge in [-0.05, 0) is 30.0 Å². The Hall–Kier alpha value is -2.60. The van der Waals surface area contributed by atoms with Gasteiger partial charge in [0.05, 0.1) is 0 Å². The molecule has 6 heteroatoms. The number of nitrogens with one attached hydrogen (secondary N) is 1. The number of benzene rings is 2. The van der Waals surface area contributed by atoms with Gasteiger partial charge in [-0.3, -0.25) is 4.79 Å². The Kier molecular flexibility index (Phi) is 5.42. The van der Waals surface area contributed by atoms with Gasteiger partial charge in [0, 0.05) is 30.1 Å². The van der Waals surface area contributed by atoms with E-state index in [1.54, 1.807) is 6.08 Å². The number of hydrogen-bond acceptors (Lipinski definition) is 2. The minimum absolute atomic E-state index is 0.0383. The van der Waals surface area contributed by atoms with Crippen LogP contribution in [-0.4, -0.2) is 11.9 Å². The van der Waals surface area contributed by atoms with Crippen molar-refractivity contribution >= 4 is 5.91 Å². The summed E-state index contributed by atoms with van der Waals surface area (Å²) in [7, 11) is 0. The minimum atomic E-state index is -1.23. The molecular weight excluding hydrogens is 341 g/mol. The van der Waals surface area contributed by atoms with Gasteiger partial charge in [0.2, 0.25) is 5.91 Å². The smallest absolute Gasteiger partial charge is 0.247 e. The Labute approximate surface area is 149 Å². The predicted octanol–water partition coefficient (Wildman–Crippen LogP) is 3.55. The number of amides is 1. The van der Waals surface area contributed by atoms with Crippen molar-refractivity contribution in [3.63, 3.8) is 0 Å². The van der Waals surface area contributed by atoms with Crippen molar-refractivity contribution in [3.8, 4) is 0 Å². The van der Waals surface area contributed by atoms with E-state index < -0.39 is 29.4 Å². The molecule has 0 saturated heterocycles. The summed E-state index contributed by atoms with van der Waals surface area (Å²) in [4.78, 5) is 12.3. The van der Waals surface area contributed by atoms with Gasteiger partial charge in [-0.1, -0.05) is 36.4 Å². The molecule has 0 radical (unpaired) electrons. The van der Waals surface area contributed by atoms with E-state index >= 15 is 0 Å². The lowest BCUT2D eigenvalue weighted by molar-refractivity contribution is -0.117. The fourth-order valence-corrected chi connectivity index (χ4v) is 3.18. The third kappa shape index (κ3) is 3.96. The van der Waals surface area contributed by atoms with Crippen LogP contribution in [0.1, 0.15) is 29.9 Å². The van der Waals surface area contributed by atoms with Crippen LogP contribution >= 0.6 is 0 Å². The van der Waals surface area contributed by atoms with E-state index in [0.717, 1.165) is 11.6 Å². The normalized spacial score (nSPS) is 19.8. The molecule has 0 fully saturated rings. The van der Waals surface area contributed by atoms with Crippen LogP contribution in [0, 0.1) is 17.5 Å². The van der Waals surface area contributed by atoms with Crippen molar-refractivity contribution in [1.82, 2.24) is 5.32 Å². The van der Waals surface area contributed by atoms with Gasteiger partial charge in [-0.15, -0.1) is 0 Å². The number of nitrogens with two attached hydrogens (primary N) is 1. The second-order valence-electron chi connectivity index (χ2n) is 6.40. The average Bonchev–Trinajstić information content (AvgIpc) is 2.64. The maximum absolute atomic E-state index is 14.0. The first-order valence-corrected chi connectivity index (χ1v) is 8.37. The number of allylic oxidation sites excluding steroid dienone is 1. The average molecular weight is 360 g/mol. The van der Waals surface area contributed by atoms with Crippen LogP contribution < -0.4 is 11.1 Å². The van der Waals surface area contributed by atoms with E-state index in [9.17, 15) is 18.0 Å². The number of hydrogen-bond donors (Lipinski definition) is 2. The molecule has 2 aromatic rings. The lowest BCUT2D eigenvalue weighted by atomic mass is 9.80. The molecule has 0 unspecified atom stereocenters. The lowest BCUT2D eigenvalue weighted by Gasteiger charge is -2.29. The lowest BCUT2D eigenvalue weighted by Crippen LogP contribution is -2.36. The fourth-order valence-electron chi connectivity index (χ4n) is 3.18. The standard InChI is InChI=1S/C20H19F3N2O/c21-16-10-18(23)17(22)9-15(16)14-7-6-13(8-19(14)24)20(26)25-11-12-4-2-1-3-5-12/h1-6,9-10,14,19H,7-8,11,24H2,(H,25,26)/t14-,19+/m1/s1. The molecule has 0 bridgehead atoms. The van der Waals surface area contributed by atoms with Gasteiger partial charge >= 0.3 is 0 Å². The molecule has 0 saturated carbocycles. The number of halogens is 3. The van der Waals surface area contributed by atoms with Gasteiger partial charge < -0.3 is 11.1 Å². The molecule has 1 aliphatic carbocycles. The summed E-state index contributed by atoms with van der Waals surface area (Å²) in [5.74, 6) is -3.89. The summed E-state index contributed by atoms with van der Waals surface area (Å²) in [5, 5.41) is 2.83. The van der Waals surface area contributed by atoms with Crippen molar-refractivity contribution in [2.45, 2.75) is 31.3 Å². The fraction of sp³-hybridized carbons (Fsp3) is 0.250. The first kappa shape index (κ1) is 18.2. The van der Waals surface area contributed by atoms with Crippen LogP contribution in [-0.2, 0) is 11.3 Å². The molecule has 2 atom stereocenters. The highest BCUT2D eigenvalue weighted by molar-refractivity contribution is 5.93. The number of rotatable bonds is 4. The SMILES string of the molecule is N[C@H]1CC(C(=O)NCc2ccccc2)=CC[C@@H]1c1cc(F)c(F)cc1F. The molecule has 1 aliphatic rings. The van der Waals surface area contributed by atoms with E-state index in [0.29, 0.717) is 18.2 Å². The summed E-state index contributed by atoms with van der Waals surface area (Å²) < 4.78 is 40.5. The number of carbonyl (C=O) groups is 1. The molecule has 3 nitrogen and oxygen atoms in total. The van der Waals surface area contributed by atoms with Crippen LogP contribution in [0.25, 0.3) is 0 Å². The molecule has 1 amide bonds. The summed E-state index contributed by atoms with van der Waals surface area (Å²) in [6.45, 7) is 0.396. The highest BCUT2D eigenvalue weighted by Gasteiger charge is 2.29. The second-order valence-corrected chi connectivity index (χ2v) is 6.40. The van der Waals surface area contributed by atoms with Crippen LogP contribution in [0.3, 0.4) is 0 Å². The zero-order valence-electron chi connectivity index (χ0n) is 14.0. The van der Waals surface area contributed by atoms with E-state index in [1.165, 1.54) is 0 Å². The number of carbonyl (C=O) groups excluding carboxylic acids is 1. The summed E-state index contributed by atoms with van der Waals surface area (Å²) in [6.07, 6.45) is 2.22. The first-order valence-electron chi connectivity index (χ1n) is 8.37. The van der Waals surface area contributed by atoms with E-state index in [2.05, 4.69) is 5.32 Å². The molecule has 0 aliphatic heterocycles. The van der Waals surface area contributed by atoms with Crippen molar-refractivity contribution < 1.29 is 18.0 Å². The van der Waals surface area contributed by atoms with E-state index in [4.69, 9.17) is 5.73 Å². The third-order valence-corrected chi connectivity index (χ3v) is 4.62. The molecule has 0 spiro atoms. The Balaban J connectivity index is 1.68. The molecule has 0 aromatic heterocycles. The summed E-state index contributed by atoms with van der Waals surface area (Å²) >= 11 is 0. The maximum Gasteiger partial charge on any atom is 0.247 e. The van der Waals surface area contributed by atoms with Gasteiger partial charge in [-0.25, -0.2) is 13.2 Å². The van der Waals surface area contributed by atoms with Gasteiger partial charge in [0.1, 0.15) is 5.82 Å². The molecule has 136 valence electrons. The Morgan fingerprint density at radius 1 is 1.08 bits per heavy atom. The molecule has 26 heavy (non-hydrogen) atoms. The van der Waals surface area contributed by atoms with Crippen molar-refractivity contribution in [1.29, 1.82) is 0 Å². The molecule has 3 rings (SSSR count). The zero-order chi connectivity index (χ0) is 18.7. The second kappa shape index (κ2) is 7.74. The molecule has 3 N–H and O–H groups in total. The largest absolute Gasteiger partial charge is 0.348 e. The minimum Gasteiger partial charge on any atom is -0.348 e. The van der Waals surface area contributed by atoms with E-state index in [-0.39, 0.29) is 24.3 Å². The van der Waals surface area contributed by atoms with Crippen molar-refractivity contribution in [3.05, 3.63) is 82.7 Å². The quantitative estimate of drug-likeness (QED) is 0.820. The Morgan fingerprint density at radius 3 is 2.46 bits per heavy atom. The molecule has 0 heterocycles.